The molecule has 0 spiro atoms. The van der Waals surface area contributed by atoms with E-state index in [1.807, 2.05) is 18.2 Å². The fourth-order valence-corrected chi connectivity index (χ4v) is 3.13. The first-order valence-electron chi connectivity index (χ1n) is 8.42. The summed E-state index contributed by atoms with van der Waals surface area (Å²) < 4.78 is 0. The Kier molecular flexibility index (Phi) is 5.85. The third kappa shape index (κ3) is 4.59. The summed E-state index contributed by atoms with van der Waals surface area (Å²) in [6, 6.07) is 11.8. The Morgan fingerprint density at radius 1 is 1.23 bits per heavy atom. The number of halogens is 1. The van der Waals surface area contributed by atoms with E-state index >= 15 is 0 Å². The maximum atomic E-state index is 12.6. The van der Waals surface area contributed by atoms with Crippen molar-refractivity contribution in [3.05, 3.63) is 64.9 Å². The number of nitrogens with zero attached hydrogens (tertiary/aromatic N) is 2. The number of aromatic nitrogens is 1. The topological polar surface area (TPSA) is 82.5 Å². The van der Waals surface area contributed by atoms with Crippen LogP contribution in [0, 0.1) is 0 Å². The molecule has 136 valence electrons. The molecule has 2 heterocycles. The van der Waals surface area contributed by atoms with Gasteiger partial charge in [-0.25, -0.2) is 0 Å². The number of aliphatic hydroxyl groups excluding tert-OH is 1. The molecule has 2 aromatic rings. The molecule has 0 aliphatic carbocycles. The van der Waals surface area contributed by atoms with Crippen LogP contribution in [0.5, 0.6) is 0 Å². The molecule has 2 unspecified atom stereocenters. The molecule has 2 N–H and O–H groups in total. The summed E-state index contributed by atoms with van der Waals surface area (Å²) in [7, 11) is 0. The van der Waals surface area contributed by atoms with Crippen molar-refractivity contribution >= 4 is 23.4 Å². The molecule has 26 heavy (non-hydrogen) atoms. The highest BCUT2D eigenvalue weighted by Gasteiger charge is 2.38. The van der Waals surface area contributed by atoms with Gasteiger partial charge in [0, 0.05) is 36.4 Å². The molecular formula is C19H20ClN3O3. The van der Waals surface area contributed by atoms with Crippen molar-refractivity contribution in [3.63, 3.8) is 0 Å². The van der Waals surface area contributed by atoms with Crippen molar-refractivity contribution < 1.29 is 14.7 Å². The second kappa shape index (κ2) is 8.29. The molecule has 6 nitrogen and oxygen atoms in total. The molecule has 0 saturated carbocycles. The third-order valence-electron chi connectivity index (χ3n) is 4.34. The van der Waals surface area contributed by atoms with E-state index < -0.39 is 12.1 Å². The number of rotatable bonds is 5. The molecule has 0 bridgehead atoms. The SMILES string of the molecule is O=C(NCc1ccc(Cl)cc1)C1CC(O)CN1C(=O)Cc1ccccn1. The predicted octanol–water partition coefficient (Wildman–Crippen LogP) is 1.56. The van der Waals surface area contributed by atoms with Crippen molar-refractivity contribution in [1.29, 1.82) is 0 Å². The average Bonchev–Trinajstić information content (AvgIpc) is 3.04. The smallest absolute Gasteiger partial charge is 0.243 e. The molecule has 7 heteroatoms. The predicted molar refractivity (Wildman–Crippen MR) is 97.4 cm³/mol. The maximum Gasteiger partial charge on any atom is 0.243 e. The van der Waals surface area contributed by atoms with Crippen molar-refractivity contribution in [2.24, 2.45) is 0 Å². The summed E-state index contributed by atoms with van der Waals surface area (Å²) in [4.78, 5) is 30.7. The van der Waals surface area contributed by atoms with E-state index in [2.05, 4.69) is 10.3 Å². The van der Waals surface area contributed by atoms with Gasteiger partial charge in [0.1, 0.15) is 6.04 Å². The van der Waals surface area contributed by atoms with E-state index in [0.29, 0.717) is 17.3 Å². The number of pyridine rings is 1. The van der Waals surface area contributed by atoms with Crippen LogP contribution < -0.4 is 5.32 Å². The van der Waals surface area contributed by atoms with Gasteiger partial charge in [-0.15, -0.1) is 0 Å². The summed E-state index contributed by atoms with van der Waals surface area (Å²) >= 11 is 5.85. The van der Waals surface area contributed by atoms with E-state index in [1.54, 1.807) is 30.5 Å². The fourth-order valence-electron chi connectivity index (χ4n) is 3.01. The number of likely N-dealkylation sites (tertiary alicyclic amines) is 1. The zero-order valence-electron chi connectivity index (χ0n) is 14.1. The summed E-state index contributed by atoms with van der Waals surface area (Å²) in [5, 5.41) is 13.4. The van der Waals surface area contributed by atoms with Crippen molar-refractivity contribution in [2.75, 3.05) is 6.54 Å². The van der Waals surface area contributed by atoms with Gasteiger partial charge in [-0.3, -0.25) is 14.6 Å². The van der Waals surface area contributed by atoms with E-state index in [0.717, 1.165) is 5.56 Å². The van der Waals surface area contributed by atoms with Crippen LogP contribution in [0.2, 0.25) is 5.02 Å². The van der Waals surface area contributed by atoms with Gasteiger partial charge >= 0.3 is 0 Å². The van der Waals surface area contributed by atoms with Crippen molar-refractivity contribution in [3.8, 4) is 0 Å². The summed E-state index contributed by atoms with van der Waals surface area (Å²) in [5.41, 5.74) is 1.55. The van der Waals surface area contributed by atoms with E-state index in [-0.39, 0.29) is 31.2 Å². The molecule has 1 aliphatic rings. The van der Waals surface area contributed by atoms with Crippen molar-refractivity contribution in [1.82, 2.24) is 15.2 Å². The Labute approximate surface area is 156 Å². The highest BCUT2D eigenvalue weighted by Crippen LogP contribution is 2.20. The molecule has 1 aliphatic heterocycles. The van der Waals surface area contributed by atoms with Gasteiger partial charge in [-0.2, -0.15) is 0 Å². The van der Waals surface area contributed by atoms with Crippen LogP contribution in [0.4, 0.5) is 0 Å². The van der Waals surface area contributed by atoms with Crippen LogP contribution in [0.1, 0.15) is 17.7 Å². The van der Waals surface area contributed by atoms with Gasteiger partial charge < -0.3 is 15.3 Å². The molecule has 2 amide bonds. The molecule has 1 aromatic heterocycles. The van der Waals surface area contributed by atoms with Crippen LogP contribution in [0.3, 0.4) is 0 Å². The number of nitrogens with one attached hydrogen (secondary N) is 1. The van der Waals surface area contributed by atoms with Crippen LogP contribution in [-0.4, -0.2) is 45.5 Å². The minimum absolute atomic E-state index is 0.106. The van der Waals surface area contributed by atoms with E-state index in [1.165, 1.54) is 4.90 Å². The fraction of sp³-hybridized carbons (Fsp3) is 0.316. The third-order valence-corrected chi connectivity index (χ3v) is 4.59. The van der Waals surface area contributed by atoms with Gasteiger partial charge in [-0.05, 0) is 29.8 Å². The number of carbonyl (C=O) groups excluding carboxylic acids is 2. The quantitative estimate of drug-likeness (QED) is 0.833. The van der Waals surface area contributed by atoms with Gasteiger partial charge in [0.2, 0.25) is 11.8 Å². The molecule has 1 fully saturated rings. The lowest BCUT2D eigenvalue weighted by Gasteiger charge is -2.23. The molecule has 3 rings (SSSR count). The average molecular weight is 374 g/mol. The lowest BCUT2D eigenvalue weighted by molar-refractivity contribution is -0.138. The molecular weight excluding hydrogens is 354 g/mol. The van der Waals surface area contributed by atoms with Crippen LogP contribution in [0.15, 0.2) is 48.7 Å². The van der Waals surface area contributed by atoms with Gasteiger partial charge in [0.25, 0.3) is 0 Å². The van der Waals surface area contributed by atoms with Gasteiger partial charge in [0.15, 0.2) is 0 Å². The Morgan fingerprint density at radius 2 is 2.00 bits per heavy atom. The zero-order chi connectivity index (χ0) is 18.5. The van der Waals surface area contributed by atoms with Gasteiger partial charge in [-0.1, -0.05) is 29.8 Å². The van der Waals surface area contributed by atoms with Crippen LogP contribution >= 0.6 is 11.6 Å². The Balaban J connectivity index is 1.61. The number of carbonyl (C=O) groups is 2. The molecule has 2 atom stereocenters. The van der Waals surface area contributed by atoms with Crippen molar-refractivity contribution in [2.45, 2.75) is 31.5 Å². The standard InChI is InChI=1S/C19H20ClN3O3/c20-14-6-4-13(5-7-14)11-22-19(26)17-10-16(24)12-23(17)18(25)9-15-3-1-2-8-21-15/h1-8,16-17,24H,9-12H2,(H,22,26). The largest absolute Gasteiger partial charge is 0.391 e. The summed E-state index contributed by atoms with van der Waals surface area (Å²) in [6.45, 7) is 0.496. The Hall–Kier alpha value is -2.44. The second-order valence-electron chi connectivity index (χ2n) is 6.29. The summed E-state index contributed by atoms with van der Waals surface area (Å²) in [5.74, 6) is -0.488. The van der Waals surface area contributed by atoms with Crippen LogP contribution in [0.25, 0.3) is 0 Å². The number of hydrogen-bond acceptors (Lipinski definition) is 4. The molecule has 1 saturated heterocycles. The Bertz CT molecular complexity index is 767. The second-order valence-corrected chi connectivity index (χ2v) is 6.73. The normalized spacial score (nSPS) is 19.4. The first-order chi connectivity index (χ1) is 12.5. The number of benzene rings is 1. The number of aliphatic hydroxyl groups is 1. The Morgan fingerprint density at radius 3 is 2.69 bits per heavy atom. The number of hydrogen-bond donors (Lipinski definition) is 2. The monoisotopic (exact) mass is 373 g/mol. The minimum Gasteiger partial charge on any atom is -0.391 e. The lowest BCUT2D eigenvalue weighted by atomic mass is 10.1. The lowest BCUT2D eigenvalue weighted by Crippen LogP contribution is -2.46. The van der Waals surface area contributed by atoms with Crippen LogP contribution in [-0.2, 0) is 22.6 Å². The first kappa shape index (κ1) is 18.4. The first-order valence-corrected chi connectivity index (χ1v) is 8.80. The zero-order valence-corrected chi connectivity index (χ0v) is 14.9. The maximum absolute atomic E-state index is 12.6. The van der Waals surface area contributed by atoms with E-state index in [9.17, 15) is 14.7 Å². The number of β-amino-alcohol motifs (C(OH)–C–C–N with tert-alkyl or cyclic N) is 1. The summed E-state index contributed by atoms with van der Waals surface area (Å²) in [6.07, 6.45) is 1.26. The molecule has 1 aromatic carbocycles. The highest BCUT2D eigenvalue weighted by atomic mass is 35.5. The molecule has 0 radical (unpaired) electrons. The minimum atomic E-state index is -0.700. The number of amides is 2. The van der Waals surface area contributed by atoms with Gasteiger partial charge in [0.05, 0.1) is 12.5 Å². The highest BCUT2D eigenvalue weighted by molar-refractivity contribution is 6.30. The van der Waals surface area contributed by atoms with E-state index in [4.69, 9.17) is 11.6 Å².